The Bertz CT molecular complexity index is 547. The number of hydrogen-bond donors (Lipinski definition) is 2. The second-order valence-electron chi connectivity index (χ2n) is 4.57. The fourth-order valence-corrected chi connectivity index (χ4v) is 2.56. The maximum atomic E-state index is 10.7. The molecular weight excluding hydrogens is 298 g/mol. The summed E-state index contributed by atoms with van der Waals surface area (Å²) in [6, 6.07) is 3.11. The van der Waals surface area contributed by atoms with Crippen LogP contribution in [0.15, 0.2) is 12.1 Å². The van der Waals surface area contributed by atoms with E-state index in [1.54, 1.807) is 12.1 Å². The first-order chi connectivity index (χ1) is 9.80. The minimum Gasteiger partial charge on any atom is -0.493 e. The Balaban J connectivity index is 2.88. The second-order valence-corrected chi connectivity index (χ2v) is 6.14. The number of rotatable bonds is 8. The van der Waals surface area contributed by atoms with Gasteiger partial charge in [-0.1, -0.05) is 0 Å². The van der Waals surface area contributed by atoms with Gasteiger partial charge in [-0.2, -0.15) is 8.42 Å². The fraction of sp³-hybridized carbons (Fsp3) is 0.538. The van der Waals surface area contributed by atoms with E-state index in [2.05, 4.69) is 0 Å². The van der Waals surface area contributed by atoms with Crippen molar-refractivity contribution in [1.82, 2.24) is 0 Å². The van der Waals surface area contributed by atoms with Gasteiger partial charge in [-0.05, 0) is 30.5 Å². The van der Waals surface area contributed by atoms with Gasteiger partial charge in [0.1, 0.15) is 0 Å². The summed E-state index contributed by atoms with van der Waals surface area (Å²) in [6.07, 6.45) is 0.585. The Kier molecular flexibility index (Phi) is 6.25. The molecule has 1 unspecified atom stereocenters. The monoisotopic (exact) mass is 319 g/mol. The van der Waals surface area contributed by atoms with Gasteiger partial charge in [0, 0.05) is 6.04 Å². The average molecular weight is 319 g/mol. The van der Waals surface area contributed by atoms with Gasteiger partial charge in [0.15, 0.2) is 11.5 Å². The number of benzene rings is 1. The van der Waals surface area contributed by atoms with E-state index in [4.69, 9.17) is 24.5 Å². The van der Waals surface area contributed by atoms with E-state index < -0.39 is 16.2 Å². The molecule has 1 rings (SSSR count). The van der Waals surface area contributed by atoms with Crippen LogP contribution in [0.2, 0.25) is 0 Å². The Morgan fingerprint density at radius 1 is 1.14 bits per heavy atom. The Morgan fingerprint density at radius 2 is 1.67 bits per heavy atom. The van der Waals surface area contributed by atoms with Crippen molar-refractivity contribution in [2.24, 2.45) is 5.73 Å². The average Bonchev–Trinajstić information content (AvgIpc) is 2.43. The normalized spacial score (nSPS) is 12.8. The Labute approximate surface area is 124 Å². The van der Waals surface area contributed by atoms with Crippen LogP contribution < -0.4 is 19.9 Å². The van der Waals surface area contributed by atoms with Gasteiger partial charge in [0.05, 0.1) is 27.1 Å². The highest BCUT2D eigenvalue weighted by Gasteiger charge is 2.16. The van der Waals surface area contributed by atoms with Crippen LogP contribution in [0.1, 0.15) is 12.0 Å². The molecule has 1 aromatic rings. The summed E-state index contributed by atoms with van der Waals surface area (Å²) in [4.78, 5) is 0. The summed E-state index contributed by atoms with van der Waals surface area (Å²) < 4.78 is 45.8. The van der Waals surface area contributed by atoms with Crippen LogP contribution in [0.4, 0.5) is 0 Å². The molecule has 0 aliphatic rings. The van der Waals surface area contributed by atoms with Crippen molar-refractivity contribution in [1.29, 1.82) is 0 Å². The first-order valence-corrected chi connectivity index (χ1v) is 7.91. The van der Waals surface area contributed by atoms with E-state index in [1.807, 2.05) is 0 Å². The van der Waals surface area contributed by atoms with E-state index in [9.17, 15) is 8.42 Å². The van der Waals surface area contributed by atoms with Crippen LogP contribution in [-0.2, 0) is 16.5 Å². The molecule has 0 bridgehead atoms. The van der Waals surface area contributed by atoms with Gasteiger partial charge in [0.25, 0.3) is 10.1 Å². The first kappa shape index (κ1) is 17.5. The van der Waals surface area contributed by atoms with Crippen LogP contribution >= 0.6 is 0 Å². The van der Waals surface area contributed by atoms with Gasteiger partial charge < -0.3 is 19.9 Å². The molecule has 0 radical (unpaired) electrons. The summed E-state index contributed by atoms with van der Waals surface area (Å²) in [5.74, 6) is 1.14. The highest BCUT2D eigenvalue weighted by atomic mass is 32.2. The summed E-state index contributed by atoms with van der Waals surface area (Å²) >= 11 is 0. The third-order valence-electron chi connectivity index (χ3n) is 2.97. The maximum absolute atomic E-state index is 10.7. The van der Waals surface area contributed by atoms with E-state index in [0.29, 0.717) is 23.7 Å². The highest BCUT2D eigenvalue weighted by Crippen LogP contribution is 2.38. The molecule has 8 heteroatoms. The van der Waals surface area contributed by atoms with Crippen LogP contribution in [0.3, 0.4) is 0 Å². The molecule has 0 spiro atoms. The lowest BCUT2D eigenvalue weighted by Crippen LogP contribution is -2.26. The predicted molar refractivity (Wildman–Crippen MR) is 78.8 cm³/mol. The maximum Gasteiger partial charge on any atom is 0.264 e. The number of methoxy groups -OCH3 is 3. The summed E-state index contributed by atoms with van der Waals surface area (Å²) in [7, 11) is 0.541. The third-order valence-corrected chi connectivity index (χ3v) is 3.72. The van der Waals surface area contributed by atoms with Crippen molar-refractivity contribution in [3.05, 3.63) is 17.7 Å². The van der Waals surface area contributed by atoms with E-state index in [0.717, 1.165) is 5.56 Å². The van der Waals surface area contributed by atoms with E-state index >= 15 is 0 Å². The molecule has 0 aliphatic heterocycles. The topological polar surface area (TPSA) is 108 Å². The van der Waals surface area contributed by atoms with E-state index in [1.165, 1.54) is 21.3 Å². The van der Waals surface area contributed by atoms with Crippen molar-refractivity contribution < 1.29 is 27.2 Å². The zero-order valence-electron chi connectivity index (χ0n) is 12.3. The molecular formula is C13H21NO6S. The summed E-state index contributed by atoms with van der Waals surface area (Å²) in [5.41, 5.74) is 6.70. The first-order valence-electron chi connectivity index (χ1n) is 6.30. The molecule has 3 N–H and O–H groups in total. The quantitative estimate of drug-likeness (QED) is 0.684. The Hall–Kier alpha value is -1.51. The molecule has 0 heterocycles. The molecule has 0 amide bonds. The van der Waals surface area contributed by atoms with Crippen molar-refractivity contribution in [3.63, 3.8) is 0 Å². The second kappa shape index (κ2) is 7.48. The zero-order valence-corrected chi connectivity index (χ0v) is 13.1. The Morgan fingerprint density at radius 3 is 2.05 bits per heavy atom. The summed E-state index contributed by atoms with van der Waals surface area (Å²) in [6.45, 7) is 0. The summed E-state index contributed by atoms with van der Waals surface area (Å²) in [5, 5.41) is 0. The standard InChI is InChI=1S/C13H21NO6S/c1-18-11-7-9(8-12(19-2)13(11)20-3)6-10(14)4-5-21(15,16)17/h7-8,10H,4-6,14H2,1-3H3,(H,15,16,17). The van der Waals surface area contributed by atoms with Crippen LogP contribution in [0.5, 0.6) is 17.2 Å². The molecule has 1 atom stereocenters. The number of hydrogen-bond acceptors (Lipinski definition) is 6. The van der Waals surface area contributed by atoms with Crippen molar-refractivity contribution in [2.45, 2.75) is 18.9 Å². The third kappa shape index (κ3) is 5.41. The minimum atomic E-state index is -4.00. The van der Waals surface area contributed by atoms with Gasteiger partial charge in [-0.3, -0.25) is 4.55 Å². The molecule has 120 valence electrons. The van der Waals surface area contributed by atoms with Gasteiger partial charge >= 0.3 is 0 Å². The van der Waals surface area contributed by atoms with E-state index in [-0.39, 0.29) is 12.2 Å². The van der Waals surface area contributed by atoms with Crippen molar-refractivity contribution in [2.75, 3.05) is 27.1 Å². The molecule has 21 heavy (non-hydrogen) atoms. The van der Waals surface area contributed by atoms with Crippen molar-refractivity contribution >= 4 is 10.1 Å². The van der Waals surface area contributed by atoms with Crippen LogP contribution in [-0.4, -0.2) is 46.1 Å². The number of ether oxygens (including phenoxy) is 3. The van der Waals surface area contributed by atoms with Gasteiger partial charge in [0.2, 0.25) is 5.75 Å². The lowest BCUT2D eigenvalue weighted by Gasteiger charge is -2.16. The zero-order chi connectivity index (χ0) is 16.0. The predicted octanol–water partition coefficient (Wildman–Crippen LogP) is 0.860. The molecule has 7 nitrogen and oxygen atoms in total. The van der Waals surface area contributed by atoms with Gasteiger partial charge in [-0.15, -0.1) is 0 Å². The number of nitrogens with two attached hydrogens (primary N) is 1. The molecule has 1 aromatic carbocycles. The smallest absolute Gasteiger partial charge is 0.264 e. The van der Waals surface area contributed by atoms with Crippen LogP contribution in [0.25, 0.3) is 0 Å². The molecule has 0 aromatic heterocycles. The minimum absolute atomic E-state index is 0.162. The van der Waals surface area contributed by atoms with Gasteiger partial charge in [-0.25, -0.2) is 0 Å². The molecule has 0 saturated heterocycles. The molecule has 0 fully saturated rings. The molecule has 0 aliphatic carbocycles. The highest BCUT2D eigenvalue weighted by molar-refractivity contribution is 7.85. The van der Waals surface area contributed by atoms with Crippen molar-refractivity contribution in [3.8, 4) is 17.2 Å². The lowest BCUT2D eigenvalue weighted by atomic mass is 10.0. The largest absolute Gasteiger partial charge is 0.493 e. The molecule has 0 saturated carbocycles. The van der Waals surface area contributed by atoms with Crippen LogP contribution in [0, 0.1) is 0 Å². The lowest BCUT2D eigenvalue weighted by molar-refractivity contribution is 0.323. The fourth-order valence-electron chi connectivity index (χ4n) is 1.96. The SMILES string of the molecule is COc1cc(CC(N)CCS(=O)(=O)O)cc(OC)c1OC.